The number of aromatic nitrogens is 3. The van der Waals surface area contributed by atoms with Gasteiger partial charge in [0.25, 0.3) is 0 Å². The molecular formula is C17H13N5O2. The lowest BCUT2D eigenvalue weighted by molar-refractivity contribution is 0.174. The number of hydrogen-bond donors (Lipinski definition) is 1. The largest absolute Gasteiger partial charge is 0.445 e. The molecule has 0 aliphatic heterocycles. The van der Waals surface area contributed by atoms with Crippen LogP contribution in [0.3, 0.4) is 0 Å². The highest BCUT2D eigenvalue weighted by Gasteiger charge is 2.16. The zero-order valence-corrected chi connectivity index (χ0v) is 12.6. The molecule has 7 nitrogen and oxygen atoms in total. The third-order valence-electron chi connectivity index (χ3n) is 3.24. The molecule has 0 fully saturated rings. The first kappa shape index (κ1) is 15.2. The molecule has 0 spiro atoms. The number of nitrogens with one attached hydrogen (secondary N) is 1. The molecule has 1 N–H and O–H groups in total. The number of carbonyl (C=O) groups is 1. The molecule has 0 aliphatic carbocycles. The van der Waals surface area contributed by atoms with Crippen molar-refractivity contribution in [2.24, 2.45) is 0 Å². The molecule has 0 unspecified atom stereocenters. The Morgan fingerprint density at radius 3 is 3.00 bits per heavy atom. The molecule has 1 aromatic carbocycles. The number of nitriles is 1. The average Bonchev–Trinajstić information content (AvgIpc) is 3.02. The van der Waals surface area contributed by atoms with Gasteiger partial charge in [0.1, 0.15) is 18.2 Å². The Labute approximate surface area is 137 Å². The highest BCUT2D eigenvalue weighted by Crippen LogP contribution is 2.21. The maximum atomic E-state index is 11.8. The first-order valence-corrected chi connectivity index (χ1v) is 7.12. The molecule has 118 valence electrons. The van der Waals surface area contributed by atoms with E-state index in [0.717, 1.165) is 10.9 Å². The smallest absolute Gasteiger partial charge is 0.413 e. The Hall–Kier alpha value is -3.66. The van der Waals surface area contributed by atoms with Gasteiger partial charge in [-0.05, 0) is 18.2 Å². The minimum atomic E-state index is -0.700. The van der Waals surface area contributed by atoms with Gasteiger partial charge in [0, 0.05) is 5.39 Å². The van der Waals surface area contributed by atoms with Gasteiger partial charge in [0.05, 0.1) is 11.7 Å². The van der Waals surface area contributed by atoms with Crippen molar-refractivity contribution in [3.8, 4) is 11.9 Å². The summed E-state index contributed by atoms with van der Waals surface area (Å²) >= 11 is 0. The Balaban J connectivity index is 2.00. The van der Waals surface area contributed by atoms with Crippen molar-refractivity contribution in [3.05, 3.63) is 60.8 Å². The number of nitrogens with zero attached hydrogens (tertiary/aromatic N) is 4. The minimum absolute atomic E-state index is 0.0656. The van der Waals surface area contributed by atoms with E-state index in [1.54, 1.807) is 6.07 Å². The van der Waals surface area contributed by atoms with Crippen LogP contribution < -0.4 is 5.32 Å². The normalized spacial score (nSPS) is 10.1. The van der Waals surface area contributed by atoms with Crippen LogP contribution in [0, 0.1) is 11.3 Å². The van der Waals surface area contributed by atoms with Gasteiger partial charge in [0.15, 0.2) is 11.6 Å². The number of benzene rings is 1. The van der Waals surface area contributed by atoms with Crippen LogP contribution in [-0.2, 0) is 4.74 Å². The van der Waals surface area contributed by atoms with E-state index in [4.69, 9.17) is 4.74 Å². The summed E-state index contributed by atoms with van der Waals surface area (Å²) in [5, 5.41) is 16.8. The highest BCUT2D eigenvalue weighted by atomic mass is 16.5. The number of fused-ring (bicyclic) bond motifs is 1. The van der Waals surface area contributed by atoms with Crippen LogP contribution in [0.5, 0.6) is 0 Å². The van der Waals surface area contributed by atoms with Crippen LogP contribution >= 0.6 is 0 Å². The zero-order valence-electron chi connectivity index (χ0n) is 12.6. The van der Waals surface area contributed by atoms with E-state index in [9.17, 15) is 10.1 Å². The number of pyridine rings is 1. The molecule has 0 saturated carbocycles. The number of ether oxygens (including phenoxy) is 1. The van der Waals surface area contributed by atoms with Gasteiger partial charge in [-0.15, -0.1) is 0 Å². The van der Waals surface area contributed by atoms with E-state index in [2.05, 4.69) is 22.0 Å². The van der Waals surface area contributed by atoms with Crippen molar-refractivity contribution in [1.29, 1.82) is 5.26 Å². The Morgan fingerprint density at radius 2 is 2.21 bits per heavy atom. The van der Waals surface area contributed by atoms with E-state index in [-0.39, 0.29) is 18.0 Å². The summed E-state index contributed by atoms with van der Waals surface area (Å²) in [5.41, 5.74) is 0.990. The zero-order chi connectivity index (χ0) is 16.9. The maximum Gasteiger partial charge on any atom is 0.413 e. The molecule has 24 heavy (non-hydrogen) atoms. The summed E-state index contributed by atoms with van der Waals surface area (Å²) in [6, 6.07) is 13.3. The summed E-state index contributed by atoms with van der Waals surface area (Å²) in [6.45, 7) is 3.54. The van der Waals surface area contributed by atoms with Crippen LogP contribution in [0.2, 0.25) is 0 Å². The fraction of sp³-hybridized carbons (Fsp3) is 0.0588. The predicted molar refractivity (Wildman–Crippen MR) is 88.7 cm³/mol. The van der Waals surface area contributed by atoms with Gasteiger partial charge in [-0.3, -0.25) is 5.32 Å². The molecule has 3 aromatic rings. The third kappa shape index (κ3) is 2.94. The lowest BCUT2D eigenvalue weighted by Gasteiger charge is -2.09. The van der Waals surface area contributed by atoms with Crippen LogP contribution in [-0.4, -0.2) is 27.5 Å². The molecule has 1 amide bonds. The topological polar surface area (TPSA) is 92.8 Å². The molecule has 0 aliphatic rings. The summed E-state index contributed by atoms with van der Waals surface area (Å²) < 4.78 is 6.28. The molecule has 7 heteroatoms. The van der Waals surface area contributed by atoms with Crippen molar-refractivity contribution in [1.82, 2.24) is 14.8 Å². The summed E-state index contributed by atoms with van der Waals surface area (Å²) in [5.74, 6) is 0.684. The Kier molecular flexibility index (Phi) is 4.21. The molecule has 0 radical (unpaired) electrons. The summed E-state index contributed by atoms with van der Waals surface area (Å²) in [7, 11) is 0. The second kappa shape index (κ2) is 6.62. The number of amides is 1. The fourth-order valence-electron chi connectivity index (χ4n) is 2.16. The van der Waals surface area contributed by atoms with Crippen molar-refractivity contribution in [2.45, 2.75) is 0 Å². The van der Waals surface area contributed by atoms with Crippen LogP contribution in [0.25, 0.3) is 16.7 Å². The van der Waals surface area contributed by atoms with E-state index in [1.807, 2.05) is 36.4 Å². The lowest BCUT2D eigenvalue weighted by atomic mass is 10.2. The number of carbonyl (C=O) groups excluding carboxylic acids is 1. The van der Waals surface area contributed by atoms with E-state index in [1.165, 1.54) is 17.0 Å². The molecule has 0 saturated heterocycles. The van der Waals surface area contributed by atoms with Gasteiger partial charge < -0.3 is 4.74 Å². The highest BCUT2D eigenvalue weighted by molar-refractivity contribution is 5.86. The maximum absolute atomic E-state index is 11.8. The fourth-order valence-corrected chi connectivity index (χ4v) is 2.16. The van der Waals surface area contributed by atoms with Crippen LogP contribution in [0.1, 0.15) is 5.56 Å². The van der Waals surface area contributed by atoms with Crippen LogP contribution in [0.15, 0.2) is 55.3 Å². The lowest BCUT2D eigenvalue weighted by Crippen LogP contribution is -2.17. The number of rotatable bonds is 4. The molecule has 2 heterocycles. The van der Waals surface area contributed by atoms with E-state index in [0.29, 0.717) is 5.82 Å². The quantitative estimate of drug-likeness (QED) is 0.746. The van der Waals surface area contributed by atoms with Gasteiger partial charge in [-0.1, -0.05) is 30.9 Å². The number of para-hydroxylation sites is 1. The molecule has 3 rings (SSSR count). The molecule has 0 atom stereocenters. The first-order valence-electron chi connectivity index (χ1n) is 7.12. The van der Waals surface area contributed by atoms with Gasteiger partial charge >= 0.3 is 6.09 Å². The van der Waals surface area contributed by atoms with Crippen molar-refractivity contribution >= 4 is 22.8 Å². The van der Waals surface area contributed by atoms with Gasteiger partial charge in [0.2, 0.25) is 0 Å². The van der Waals surface area contributed by atoms with Crippen molar-refractivity contribution in [3.63, 3.8) is 0 Å². The van der Waals surface area contributed by atoms with Crippen LogP contribution in [0.4, 0.5) is 10.6 Å². The second-order valence-corrected chi connectivity index (χ2v) is 4.80. The molecule has 2 aromatic heterocycles. The Bertz CT molecular complexity index is 955. The minimum Gasteiger partial charge on any atom is -0.445 e. The molecular weight excluding hydrogens is 306 g/mol. The van der Waals surface area contributed by atoms with E-state index >= 15 is 0 Å². The third-order valence-corrected chi connectivity index (χ3v) is 3.24. The number of hydrogen-bond acceptors (Lipinski definition) is 5. The van der Waals surface area contributed by atoms with E-state index < -0.39 is 6.09 Å². The van der Waals surface area contributed by atoms with Crippen molar-refractivity contribution < 1.29 is 9.53 Å². The predicted octanol–water partition coefficient (Wildman–Crippen LogP) is 3.03. The standard InChI is InChI=1S/C17H13N5O2/c1-2-9-24-17(23)21-16-13(10-18)11-19-22(16)15-8-7-12-5-3-4-6-14(12)20-15/h2-8,11H,1,9H2,(H,21,23). The van der Waals surface area contributed by atoms with Gasteiger partial charge in [-0.25, -0.2) is 9.78 Å². The van der Waals surface area contributed by atoms with Gasteiger partial charge in [-0.2, -0.15) is 15.0 Å². The Morgan fingerprint density at radius 1 is 1.38 bits per heavy atom. The first-order chi connectivity index (χ1) is 11.7. The number of anilines is 1. The summed E-state index contributed by atoms with van der Waals surface area (Å²) in [4.78, 5) is 16.3. The average molecular weight is 319 g/mol. The summed E-state index contributed by atoms with van der Waals surface area (Å²) in [6.07, 6.45) is 2.11. The van der Waals surface area contributed by atoms with Crippen molar-refractivity contribution in [2.75, 3.05) is 11.9 Å². The SMILES string of the molecule is C=CCOC(=O)Nc1c(C#N)cnn1-c1ccc2ccccc2n1. The monoisotopic (exact) mass is 319 g/mol. The second-order valence-electron chi connectivity index (χ2n) is 4.80. The molecule has 0 bridgehead atoms.